The molecule has 0 amide bonds. The highest BCUT2D eigenvalue weighted by Crippen LogP contribution is 2.20. The highest BCUT2D eigenvalue weighted by molar-refractivity contribution is 5.38. The van der Waals surface area contributed by atoms with Gasteiger partial charge in [-0.3, -0.25) is 0 Å². The van der Waals surface area contributed by atoms with Gasteiger partial charge in [0.1, 0.15) is 5.75 Å². The molecule has 1 aromatic rings. The van der Waals surface area contributed by atoms with Crippen LogP contribution < -0.4 is 16.2 Å². The molecule has 0 fully saturated rings. The van der Waals surface area contributed by atoms with Crippen molar-refractivity contribution in [2.24, 2.45) is 11.5 Å². The van der Waals surface area contributed by atoms with Gasteiger partial charge in [-0.2, -0.15) is 0 Å². The van der Waals surface area contributed by atoms with E-state index in [0.717, 1.165) is 24.2 Å². The van der Waals surface area contributed by atoms with Crippen molar-refractivity contribution in [1.82, 2.24) is 0 Å². The minimum Gasteiger partial charge on any atom is -0.496 e. The summed E-state index contributed by atoms with van der Waals surface area (Å²) in [5, 5.41) is 0. The molecule has 0 radical (unpaired) electrons. The zero-order chi connectivity index (χ0) is 10.4. The number of nitrogens with two attached hydrogens (primary N) is 2. The number of hydrogen-bond acceptors (Lipinski definition) is 3. The van der Waals surface area contributed by atoms with Crippen molar-refractivity contribution < 1.29 is 4.74 Å². The fourth-order valence-electron chi connectivity index (χ4n) is 1.47. The van der Waals surface area contributed by atoms with Gasteiger partial charge in [0.2, 0.25) is 0 Å². The second kappa shape index (κ2) is 5.62. The predicted octanol–water partition coefficient (Wildman–Crippen LogP) is 0.698. The van der Waals surface area contributed by atoms with E-state index in [2.05, 4.69) is 12.1 Å². The Bertz CT molecular complexity index is 287. The van der Waals surface area contributed by atoms with Crippen LogP contribution in [0.15, 0.2) is 18.2 Å². The van der Waals surface area contributed by atoms with Crippen LogP contribution in [0.4, 0.5) is 0 Å². The fourth-order valence-corrected chi connectivity index (χ4v) is 1.47. The van der Waals surface area contributed by atoms with Crippen molar-refractivity contribution in [3.05, 3.63) is 29.3 Å². The van der Waals surface area contributed by atoms with Gasteiger partial charge >= 0.3 is 0 Å². The molecule has 0 aliphatic carbocycles. The molecule has 1 rings (SSSR count). The minimum absolute atomic E-state index is 0.645. The molecule has 0 aromatic heterocycles. The largest absolute Gasteiger partial charge is 0.496 e. The quantitative estimate of drug-likeness (QED) is 0.725. The van der Waals surface area contributed by atoms with Gasteiger partial charge in [0.15, 0.2) is 0 Å². The van der Waals surface area contributed by atoms with Gasteiger partial charge in [-0.05, 0) is 43.1 Å². The molecule has 78 valence electrons. The van der Waals surface area contributed by atoms with Crippen molar-refractivity contribution in [3.63, 3.8) is 0 Å². The molecular formula is C11H18N2O. The van der Waals surface area contributed by atoms with Crippen LogP contribution in [0.2, 0.25) is 0 Å². The van der Waals surface area contributed by atoms with Gasteiger partial charge in [-0.15, -0.1) is 0 Å². The Morgan fingerprint density at radius 3 is 2.43 bits per heavy atom. The van der Waals surface area contributed by atoms with E-state index in [1.165, 1.54) is 5.56 Å². The summed E-state index contributed by atoms with van der Waals surface area (Å²) in [5.41, 5.74) is 13.4. The van der Waals surface area contributed by atoms with Crippen LogP contribution >= 0.6 is 0 Å². The third-order valence-corrected chi connectivity index (χ3v) is 2.20. The van der Waals surface area contributed by atoms with Crippen molar-refractivity contribution in [2.45, 2.75) is 12.8 Å². The Kier molecular flexibility index (Phi) is 4.43. The molecule has 0 saturated carbocycles. The van der Waals surface area contributed by atoms with E-state index in [-0.39, 0.29) is 0 Å². The highest BCUT2D eigenvalue weighted by Gasteiger charge is 2.02. The molecule has 0 atom stereocenters. The Hall–Kier alpha value is -1.06. The van der Waals surface area contributed by atoms with E-state index in [0.29, 0.717) is 13.1 Å². The smallest absolute Gasteiger partial charge is 0.122 e. The number of methoxy groups -OCH3 is 1. The molecule has 3 nitrogen and oxygen atoms in total. The molecule has 14 heavy (non-hydrogen) atoms. The molecule has 0 spiro atoms. The first-order chi connectivity index (χ1) is 6.81. The summed E-state index contributed by atoms with van der Waals surface area (Å²) in [6.45, 7) is 1.31. The maximum absolute atomic E-state index is 5.51. The average molecular weight is 194 g/mol. The lowest BCUT2D eigenvalue weighted by molar-refractivity contribution is 0.409. The molecule has 1 aromatic carbocycles. The molecule has 0 heterocycles. The summed E-state index contributed by atoms with van der Waals surface area (Å²) in [6, 6.07) is 6.19. The molecule has 0 aliphatic rings. The second-order valence-corrected chi connectivity index (χ2v) is 3.22. The van der Waals surface area contributed by atoms with Crippen LogP contribution in [0.25, 0.3) is 0 Å². The van der Waals surface area contributed by atoms with E-state index in [1.807, 2.05) is 6.07 Å². The van der Waals surface area contributed by atoms with Gasteiger partial charge in [-0.1, -0.05) is 12.1 Å². The molecule has 0 saturated heterocycles. The van der Waals surface area contributed by atoms with Gasteiger partial charge in [0, 0.05) is 0 Å². The van der Waals surface area contributed by atoms with E-state index >= 15 is 0 Å². The van der Waals surface area contributed by atoms with E-state index in [4.69, 9.17) is 16.2 Å². The number of ether oxygens (including phenoxy) is 1. The van der Waals surface area contributed by atoms with Gasteiger partial charge < -0.3 is 16.2 Å². The Balaban J connectivity index is 2.87. The lowest BCUT2D eigenvalue weighted by Gasteiger charge is -2.09. The summed E-state index contributed by atoms with van der Waals surface area (Å²) in [4.78, 5) is 0. The Morgan fingerprint density at radius 1 is 1.14 bits per heavy atom. The first kappa shape index (κ1) is 11.0. The zero-order valence-electron chi connectivity index (χ0n) is 8.62. The Morgan fingerprint density at radius 2 is 1.86 bits per heavy atom. The molecule has 0 unspecified atom stereocenters. The maximum Gasteiger partial charge on any atom is 0.122 e. The van der Waals surface area contributed by atoms with Gasteiger partial charge in [-0.25, -0.2) is 0 Å². The number of rotatable bonds is 5. The van der Waals surface area contributed by atoms with Crippen LogP contribution in [0.5, 0.6) is 5.75 Å². The van der Waals surface area contributed by atoms with E-state index < -0.39 is 0 Å². The summed E-state index contributed by atoms with van der Waals surface area (Å²) in [6.07, 6.45) is 1.74. The SMILES string of the molecule is COc1cc(CCN)ccc1CCN. The van der Waals surface area contributed by atoms with Crippen molar-refractivity contribution >= 4 is 0 Å². The van der Waals surface area contributed by atoms with Crippen molar-refractivity contribution in [3.8, 4) is 5.75 Å². The normalized spacial score (nSPS) is 10.2. The van der Waals surface area contributed by atoms with Gasteiger partial charge in [0.25, 0.3) is 0 Å². The minimum atomic E-state index is 0.645. The summed E-state index contributed by atoms with van der Waals surface area (Å²) in [7, 11) is 1.68. The predicted molar refractivity (Wildman–Crippen MR) is 58.5 cm³/mol. The topological polar surface area (TPSA) is 61.3 Å². The molecule has 3 heteroatoms. The first-order valence-electron chi connectivity index (χ1n) is 4.87. The van der Waals surface area contributed by atoms with Crippen LogP contribution in [0.1, 0.15) is 11.1 Å². The van der Waals surface area contributed by atoms with Crippen LogP contribution in [-0.2, 0) is 12.8 Å². The molecule has 4 N–H and O–H groups in total. The maximum atomic E-state index is 5.51. The summed E-state index contributed by atoms with van der Waals surface area (Å²) < 4.78 is 5.29. The number of hydrogen-bond donors (Lipinski definition) is 2. The van der Waals surface area contributed by atoms with E-state index in [1.54, 1.807) is 7.11 Å². The molecule has 0 bridgehead atoms. The van der Waals surface area contributed by atoms with Crippen molar-refractivity contribution in [1.29, 1.82) is 0 Å². The Labute approximate surface area is 85.0 Å². The third kappa shape index (κ3) is 2.72. The van der Waals surface area contributed by atoms with E-state index in [9.17, 15) is 0 Å². The summed E-state index contributed by atoms with van der Waals surface area (Å²) in [5.74, 6) is 0.918. The standard InChI is InChI=1S/C11H18N2O/c1-14-11-8-9(4-6-12)2-3-10(11)5-7-13/h2-3,8H,4-7,12-13H2,1H3. The van der Waals surface area contributed by atoms with Crippen molar-refractivity contribution in [2.75, 3.05) is 20.2 Å². The first-order valence-corrected chi connectivity index (χ1v) is 4.87. The van der Waals surface area contributed by atoms with Crippen LogP contribution in [0, 0.1) is 0 Å². The van der Waals surface area contributed by atoms with Crippen LogP contribution in [-0.4, -0.2) is 20.2 Å². The molecule has 0 aliphatic heterocycles. The van der Waals surface area contributed by atoms with Gasteiger partial charge in [0.05, 0.1) is 7.11 Å². The average Bonchev–Trinajstić information content (AvgIpc) is 2.21. The zero-order valence-corrected chi connectivity index (χ0v) is 8.62. The monoisotopic (exact) mass is 194 g/mol. The second-order valence-electron chi connectivity index (χ2n) is 3.22. The van der Waals surface area contributed by atoms with Crippen LogP contribution in [0.3, 0.4) is 0 Å². The fraction of sp³-hybridized carbons (Fsp3) is 0.455. The lowest BCUT2D eigenvalue weighted by Crippen LogP contribution is -2.06. The lowest BCUT2D eigenvalue weighted by atomic mass is 10.1. The molecular weight excluding hydrogens is 176 g/mol. The third-order valence-electron chi connectivity index (χ3n) is 2.20. The number of benzene rings is 1. The highest BCUT2D eigenvalue weighted by atomic mass is 16.5. The summed E-state index contributed by atoms with van der Waals surface area (Å²) >= 11 is 0.